The fourth-order valence-corrected chi connectivity index (χ4v) is 3.62. The summed E-state index contributed by atoms with van der Waals surface area (Å²) in [4.78, 5) is 39.8. The molecule has 3 aromatic rings. The van der Waals surface area contributed by atoms with Gasteiger partial charge in [-0.2, -0.15) is 0 Å². The van der Waals surface area contributed by atoms with Crippen LogP contribution in [0.25, 0.3) is 11.3 Å². The minimum absolute atomic E-state index is 0.0157. The number of carboxylic acid groups (broad SMARTS) is 2. The van der Waals surface area contributed by atoms with Gasteiger partial charge >= 0.3 is 11.9 Å². The monoisotopic (exact) mass is 416 g/mol. The normalized spacial score (nSPS) is 10.5. The standard InChI is InChI=1S/C19H13ClN2O5S/c20-11-7-5-10(6-8-11)16-14(9-15(23)24)28-19(21-16)22-17(25)12-3-1-2-4-13(12)18(26)27/h1-8H,9H2,(H,23,24)(H,26,27)(H,21,22,25). The summed E-state index contributed by atoms with van der Waals surface area (Å²) in [5.41, 5.74) is 0.924. The van der Waals surface area contributed by atoms with Crippen molar-refractivity contribution in [3.8, 4) is 11.3 Å². The van der Waals surface area contributed by atoms with Crippen molar-refractivity contribution < 1.29 is 24.6 Å². The van der Waals surface area contributed by atoms with Crippen LogP contribution in [-0.2, 0) is 11.2 Å². The van der Waals surface area contributed by atoms with Gasteiger partial charge in [0, 0.05) is 15.5 Å². The zero-order valence-corrected chi connectivity index (χ0v) is 15.8. The summed E-state index contributed by atoms with van der Waals surface area (Å²) in [6, 6.07) is 12.5. The number of nitrogens with one attached hydrogen (secondary N) is 1. The molecule has 0 radical (unpaired) electrons. The third-order valence-corrected chi connectivity index (χ3v) is 4.97. The molecule has 1 amide bonds. The molecule has 0 bridgehead atoms. The number of aromatic nitrogens is 1. The third-order valence-electron chi connectivity index (χ3n) is 3.75. The number of carbonyl (C=O) groups excluding carboxylic acids is 1. The van der Waals surface area contributed by atoms with Crippen molar-refractivity contribution in [3.63, 3.8) is 0 Å². The number of amides is 1. The average Bonchev–Trinajstić information content (AvgIpc) is 3.03. The molecule has 0 saturated heterocycles. The molecule has 0 aliphatic carbocycles. The van der Waals surface area contributed by atoms with E-state index in [-0.39, 0.29) is 22.7 Å². The van der Waals surface area contributed by atoms with E-state index < -0.39 is 17.8 Å². The Balaban J connectivity index is 1.95. The zero-order chi connectivity index (χ0) is 20.3. The molecule has 142 valence electrons. The van der Waals surface area contributed by atoms with E-state index in [2.05, 4.69) is 10.3 Å². The van der Waals surface area contributed by atoms with Crippen LogP contribution in [0.1, 0.15) is 25.6 Å². The minimum Gasteiger partial charge on any atom is -0.481 e. The van der Waals surface area contributed by atoms with Crippen LogP contribution in [0.5, 0.6) is 0 Å². The van der Waals surface area contributed by atoms with E-state index in [1.54, 1.807) is 30.3 Å². The molecule has 0 aliphatic rings. The van der Waals surface area contributed by atoms with Crippen molar-refractivity contribution in [1.82, 2.24) is 4.98 Å². The van der Waals surface area contributed by atoms with Crippen molar-refractivity contribution in [2.45, 2.75) is 6.42 Å². The lowest BCUT2D eigenvalue weighted by molar-refractivity contribution is -0.136. The molecule has 1 heterocycles. The SMILES string of the molecule is O=C(O)Cc1sc(NC(=O)c2ccccc2C(=O)O)nc1-c1ccc(Cl)cc1. The average molecular weight is 417 g/mol. The number of hydrogen-bond donors (Lipinski definition) is 3. The van der Waals surface area contributed by atoms with Gasteiger partial charge in [-0.25, -0.2) is 9.78 Å². The van der Waals surface area contributed by atoms with Gasteiger partial charge in [-0.15, -0.1) is 11.3 Å². The second-order valence-corrected chi connectivity index (χ2v) is 7.19. The molecule has 0 fully saturated rings. The Kier molecular flexibility index (Phi) is 5.72. The number of aliphatic carboxylic acids is 1. The van der Waals surface area contributed by atoms with Gasteiger partial charge in [0.2, 0.25) is 0 Å². The molecule has 1 aromatic heterocycles. The van der Waals surface area contributed by atoms with Gasteiger partial charge < -0.3 is 10.2 Å². The van der Waals surface area contributed by atoms with Gasteiger partial charge in [-0.05, 0) is 24.3 Å². The summed E-state index contributed by atoms with van der Waals surface area (Å²) in [5.74, 6) is -2.90. The van der Waals surface area contributed by atoms with E-state index in [0.717, 1.165) is 11.3 Å². The summed E-state index contributed by atoms with van der Waals surface area (Å²) < 4.78 is 0. The van der Waals surface area contributed by atoms with Gasteiger partial charge in [0.05, 0.1) is 23.2 Å². The van der Waals surface area contributed by atoms with Gasteiger partial charge in [-0.3, -0.25) is 14.9 Å². The number of carbonyl (C=O) groups is 3. The Hall–Kier alpha value is -3.23. The molecule has 0 atom stereocenters. The van der Waals surface area contributed by atoms with E-state index >= 15 is 0 Å². The van der Waals surface area contributed by atoms with Crippen LogP contribution in [0.4, 0.5) is 5.13 Å². The van der Waals surface area contributed by atoms with Crippen LogP contribution >= 0.6 is 22.9 Å². The number of thiazole rings is 1. The Bertz CT molecular complexity index is 1060. The van der Waals surface area contributed by atoms with Crippen LogP contribution < -0.4 is 5.32 Å². The smallest absolute Gasteiger partial charge is 0.336 e. The first-order valence-electron chi connectivity index (χ1n) is 7.96. The number of carboxylic acids is 2. The lowest BCUT2D eigenvalue weighted by Crippen LogP contribution is -2.16. The van der Waals surface area contributed by atoms with Crippen LogP contribution in [0.2, 0.25) is 5.02 Å². The molecule has 2 aromatic carbocycles. The number of anilines is 1. The quantitative estimate of drug-likeness (QED) is 0.558. The first-order valence-corrected chi connectivity index (χ1v) is 9.15. The molecule has 3 N–H and O–H groups in total. The Morgan fingerprint density at radius 1 is 1.00 bits per heavy atom. The van der Waals surface area contributed by atoms with Crippen molar-refractivity contribution in [3.05, 3.63) is 69.6 Å². The van der Waals surface area contributed by atoms with Gasteiger partial charge in [-0.1, -0.05) is 35.9 Å². The van der Waals surface area contributed by atoms with E-state index in [0.29, 0.717) is 21.2 Å². The van der Waals surface area contributed by atoms with E-state index in [4.69, 9.17) is 16.7 Å². The Morgan fingerprint density at radius 3 is 2.25 bits per heavy atom. The van der Waals surface area contributed by atoms with Gasteiger partial charge in [0.1, 0.15) is 0 Å². The maximum Gasteiger partial charge on any atom is 0.336 e. The molecular weight excluding hydrogens is 404 g/mol. The fourth-order valence-electron chi connectivity index (χ4n) is 2.53. The second-order valence-electron chi connectivity index (χ2n) is 5.67. The summed E-state index contributed by atoms with van der Waals surface area (Å²) in [6.07, 6.45) is -0.267. The fraction of sp³-hybridized carbons (Fsp3) is 0.0526. The number of benzene rings is 2. The summed E-state index contributed by atoms with van der Waals surface area (Å²) >= 11 is 6.91. The molecule has 0 spiro atoms. The van der Waals surface area contributed by atoms with Crippen LogP contribution in [0.3, 0.4) is 0 Å². The van der Waals surface area contributed by atoms with E-state index in [1.807, 2.05) is 0 Å². The predicted molar refractivity (Wildman–Crippen MR) is 105 cm³/mol. The first-order chi connectivity index (χ1) is 13.3. The maximum atomic E-state index is 12.5. The van der Waals surface area contributed by atoms with Crippen LogP contribution in [0.15, 0.2) is 48.5 Å². The minimum atomic E-state index is -1.22. The number of nitrogens with zero attached hydrogens (tertiary/aromatic N) is 1. The van der Waals surface area contributed by atoms with E-state index in [9.17, 15) is 19.5 Å². The molecule has 0 saturated carbocycles. The van der Waals surface area contributed by atoms with Crippen molar-refractivity contribution in [2.24, 2.45) is 0 Å². The highest BCUT2D eigenvalue weighted by molar-refractivity contribution is 7.16. The second kappa shape index (κ2) is 8.20. The number of rotatable bonds is 6. The van der Waals surface area contributed by atoms with Crippen molar-refractivity contribution in [2.75, 3.05) is 5.32 Å². The molecule has 28 heavy (non-hydrogen) atoms. The number of aromatic carboxylic acids is 1. The van der Waals surface area contributed by atoms with Crippen LogP contribution in [0, 0.1) is 0 Å². The van der Waals surface area contributed by atoms with Crippen LogP contribution in [-0.4, -0.2) is 33.0 Å². The molecule has 9 heteroatoms. The maximum absolute atomic E-state index is 12.5. The highest BCUT2D eigenvalue weighted by atomic mass is 35.5. The predicted octanol–water partition coefficient (Wildman–Crippen LogP) is 4.04. The van der Waals surface area contributed by atoms with Gasteiger partial charge in [0.15, 0.2) is 5.13 Å². The highest BCUT2D eigenvalue weighted by Gasteiger charge is 2.20. The number of hydrogen-bond acceptors (Lipinski definition) is 5. The topological polar surface area (TPSA) is 117 Å². The third kappa shape index (κ3) is 4.36. The van der Waals surface area contributed by atoms with Crippen molar-refractivity contribution >= 4 is 45.9 Å². The highest BCUT2D eigenvalue weighted by Crippen LogP contribution is 2.32. The summed E-state index contributed by atoms with van der Waals surface area (Å²) in [7, 11) is 0. The zero-order valence-electron chi connectivity index (χ0n) is 14.2. The lowest BCUT2D eigenvalue weighted by atomic mass is 10.1. The first kappa shape index (κ1) is 19.5. The van der Waals surface area contributed by atoms with Gasteiger partial charge in [0.25, 0.3) is 5.91 Å². The lowest BCUT2D eigenvalue weighted by Gasteiger charge is -2.05. The van der Waals surface area contributed by atoms with Crippen molar-refractivity contribution in [1.29, 1.82) is 0 Å². The largest absolute Gasteiger partial charge is 0.481 e. The molecule has 3 rings (SSSR count). The van der Waals surface area contributed by atoms with E-state index in [1.165, 1.54) is 18.2 Å². The Morgan fingerprint density at radius 2 is 1.64 bits per heavy atom. The molecular formula is C19H13ClN2O5S. The Labute approximate surface area is 168 Å². The summed E-state index contributed by atoms with van der Waals surface area (Å²) in [6.45, 7) is 0. The summed E-state index contributed by atoms with van der Waals surface area (Å²) in [5, 5.41) is 21.6. The number of halogens is 1. The molecule has 0 aliphatic heterocycles. The molecule has 0 unspecified atom stereocenters. The molecule has 7 nitrogen and oxygen atoms in total.